The van der Waals surface area contributed by atoms with Crippen molar-refractivity contribution < 1.29 is 4.79 Å². The lowest BCUT2D eigenvalue weighted by Gasteiger charge is -2.10. The molecule has 0 aromatic carbocycles. The minimum atomic E-state index is -0.0782. The molecular formula is C12H15N3OS. The third-order valence-electron chi connectivity index (χ3n) is 2.24. The molecule has 0 aliphatic carbocycles. The van der Waals surface area contributed by atoms with Gasteiger partial charge >= 0.3 is 0 Å². The minimum Gasteiger partial charge on any atom is -0.306 e. The van der Waals surface area contributed by atoms with Gasteiger partial charge in [-0.1, -0.05) is 19.9 Å². The van der Waals surface area contributed by atoms with E-state index in [9.17, 15) is 4.79 Å². The Bertz CT molecular complexity index is 488. The second-order valence-electron chi connectivity index (χ2n) is 4.22. The van der Waals surface area contributed by atoms with Crippen molar-refractivity contribution in [1.29, 1.82) is 0 Å². The smallest absolute Gasteiger partial charge is 0.266 e. The lowest BCUT2D eigenvalue weighted by Crippen LogP contribution is -2.16. The van der Waals surface area contributed by atoms with E-state index in [4.69, 9.17) is 0 Å². The molecule has 2 aromatic rings. The number of nitrogens with one attached hydrogen (secondary N) is 1. The summed E-state index contributed by atoms with van der Waals surface area (Å²) in [5.74, 6) is 1.16. The van der Waals surface area contributed by atoms with Crippen LogP contribution in [-0.4, -0.2) is 15.7 Å². The molecule has 0 aliphatic heterocycles. The van der Waals surface area contributed by atoms with E-state index >= 15 is 0 Å². The van der Waals surface area contributed by atoms with Gasteiger partial charge in [-0.2, -0.15) is 5.10 Å². The van der Waals surface area contributed by atoms with Gasteiger partial charge in [-0.05, 0) is 17.4 Å². The Kier molecular flexibility index (Phi) is 3.58. The van der Waals surface area contributed by atoms with Crippen molar-refractivity contribution in [3.8, 4) is 0 Å². The van der Waals surface area contributed by atoms with Crippen LogP contribution >= 0.6 is 11.3 Å². The van der Waals surface area contributed by atoms with Crippen molar-refractivity contribution in [3.05, 3.63) is 34.7 Å². The molecule has 2 rings (SSSR count). The van der Waals surface area contributed by atoms with E-state index in [1.807, 2.05) is 28.3 Å². The predicted molar refractivity (Wildman–Crippen MR) is 69.3 cm³/mol. The molecule has 0 aliphatic rings. The Hall–Kier alpha value is -1.62. The fraction of sp³-hybridized carbons (Fsp3) is 0.333. The van der Waals surface area contributed by atoms with Crippen molar-refractivity contribution in [2.75, 3.05) is 5.32 Å². The predicted octanol–water partition coefficient (Wildman–Crippen LogP) is 2.85. The fourth-order valence-corrected chi connectivity index (χ4v) is 2.13. The highest BCUT2D eigenvalue weighted by Gasteiger charge is 2.10. The number of carbonyl (C=O) groups excluding carboxylic acids is 1. The molecule has 90 valence electrons. The number of aromatic nitrogens is 2. The van der Waals surface area contributed by atoms with E-state index < -0.39 is 0 Å². The molecule has 0 atom stereocenters. The topological polar surface area (TPSA) is 46.9 Å². The van der Waals surface area contributed by atoms with E-state index in [0.717, 1.165) is 12.4 Å². The Morgan fingerprint density at radius 3 is 3.00 bits per heavy atom. The van der Waals surface area contributed by atoms with Crippen molar-refractivity contribution in [2.45, 2.75) is 20.4 Å². The molecular weight excluding hydrogens is 234 g/mol. The zero-order valence-electron chi connectivity index (χ0n) is 9.88. The maximum Gasteiger partial charge on any atom is 0.266 e. The van der Waals surface area contributed by atoms with Gasteiger partial charge in [-0.3, -0.25) is 4.79 Å². The summed E-state index contributed by atoms with van der Waals surface area (Å²) in [6.45, 7) is 5.03. The quantitative estimate of drug-likeness (QED) is 0.905. The highest BCUT2D eigenvalue weighted by Crippen LogP contribution is 2.14. The van der Waals surface area contributed by atoms with Gasteiger partial charge in [-0.25, -0.2) is 4.68 Å². The van der Waals surface area contributed by atoms with Crippen LogP contribution in [0.2, 0.25) is 0 Å². The van der Waals surface area contributed by atoms with E-state index in [1.165, 1.54) is 11.3 Å². The van der Waals surface area contributed by atoms with Gasteiger partial charge in [-0.15, -0.1) is 11.3 Å². The SMILES string of the molecule is CC(C)Cn1nccc1NC(=O)c1cccs1. The van der Waals surface area contributed by atoms with Crippen molar-refractivity contribution >= 4 is 23.1 Å². The van der Waals surface area contributed by atoms with Crippen molar-refractivity contribution in [2.24, 2.45) is 5.92 Å². The van der Waals surface area contributed by atoms with Gasteiger partial charge in [0.1, 0.15) is 5.82 Å². The third kappa shape index (κ3) is 2.94. The van der Waals surface area contributed by atoms with Crippen LogP contribution < -0.4 is 5.32 Å². The standard InChI is InChI=1S/C12H15N3OS/c1-9(2)8-15-11(5-6-13-15)14-12(16)10-4-3-7-17-10/h3-7,9H,8H2,1-2H3,(H,14,16). The summed E-state index contributed by atoms with van der Waals surface area (Å²) >= 11 is 1.43. The number of rotatable bonds is 4. The first-order valence-corrected chi connectivity index (χ1v) is 6.41. The monoisotopic (exact) mass is 249 g/mol. The number of hydrogen-bond donors (Lipinski definition) is 1. The van der Waals surface area contributed by atoms with Gasteiger partial charge in [0, 0.05) is 12.6 Å². The highest BCUT2D eigenvalue weighted by molar-refractivity contribution is 7.12. The minimum absolute atomic E-state index is 0.0782. The van der Waals surface area contributed by atoms with Crippen LogP contribution in [0.5, 0.6) is 0 Å². The van der Waals surface area contributed by atoms with E-state index in [1.54, 1.807) is 6.20 Å². The summed E-state index contributed by atoms with van der Waals surface area (Å²) in [4.78, 5) is 12.6. The molecule has 2 aromatic heterocycles. The largest absolute Gasteiger partial charge is 0.306 e. The average Bonchev–Trinajstić information content (AvgIpc) is 2.89. The van der Waals surface area contributed by atoms with E-state index in [-0.39, 0.29) is 5.91 Å². The van der Waals surface area contributed by atoms with Crippen LogP contribution in [0.4, 0.5) is 5.82 Å². The summed E-state index contributed by atoms with van der Waals surface area (Å²) in [5.41, 5.74) is 0. The fourth-order valence-electron chi connectivity index (χ4n) is 1.52. The van der Waals surface area contributed by atoms with E-state index in [2.05, 4.69) is 24.3 Å². The number of thiophene rings is 1. The van der Waals surface area contributed by atoms with E-state index in [0.29, 0.717) is 10.8 Å². The number of carbonyl (C=O) groups is 1. The number of amides is 1. The first-order chi connectivity index (χ1) is 8.16. The average molecular weight is 249 g/mol. The lowest BCUT2D eigenvalue weighted by atomic mass is 10.2. The number of hydrogen-bond acceptors (Lipinski definition) is 3. The van der Waals surface area contributed by atoms with Crippen LogP contribution in [0, 0.1) is 5.92 Å². The molecule has 5 heteroatoms. The van der Waals surface area contributed by atoms with Gasteiger partial charge in [0.2, 0.25) is 0 Å². The molecule has 1 amide bonds. The maximum absolute atomic E-state index is 11.9. The maximum atomic E-state index is 11.9. The molecule has 0 bridgehead atoms. The zero-order valence-corrected chi connectivity index (χ0v) is 10.7. The van der Waals surface area contributed by atoms with Gasteiger partial charge in [0.15, 0.2) is 0 Å². The Balaban J connectivity index is 2.08. The lowest BCUT2D eigenvalue weighted by molar-refractivity contribution is 0.102. The molecule has 0 spiro atoms. The zero-order chi connectivity index (χ0) is 12.3. The summed E-state index contributed by atoms with van der Waals surface area (Å²) < 4.78 is 1.82. The molecule has 0 fully saturated rings. The number of anilines is 1. The summed E-state index contributed by atoms with van der Waals surface area (Å²) in [5, 5.41) is 8.96. The summed E-state index contributed by atoms with van der Waals surface area (Å²) in [6, 6.07) is 5.49. The molecule has 17 heavy (non-hydrogen) atoms. The van der Waals surface area contributed by atoms with Gasteiger partial charge < -0.3 is 5.32 Å². The first-order valence-electron chi connectivity index (χ1n) is 5.53. The van der Waals surface area contributed by atoms with Gasteiger partial charge in [0.05, 0.1) is 11.1 Å². The molecule has 4 nitrogen and oxygen atoms in total. The second kappa shape index (κ2) is 5.14. The Labute approximate surface area is 104 Å². The van der Waals surface area contributed by atoms with Gasteiger partial charge in [0.25, 0.3) is 5.91 Å². The molecule has 0 radical (unpaired) electrons. The first kappa shape index (κ1) is 11.9. The molecule has 0 unspecified atom stereocenters. The van der Waals surface area contributed by atoms with Crippen molar-refractivity contribution in [1.82, 2.24) is 9.78 Å². The third-order valence-corrected chi connectivity index (χ3v) is 3.11. The normalized spacial score (nSPS) is 10.8. The van der Waals surface area contributed by atoms with Crippen molar-refractivity contribution in [3.63, 3.8) is 0 Å². The van der Waals surface area contributed by atoms with Crippen LogP contribution in [0.15, 0.2) is 29.8 Å². The Morgan fingerprint density at radius 2 is 2.35 bits per heavy atom. The summed E-state index contributed by atoms with van der Waals surface area (Å²) in [7, 11) is 0. The van der Waals surface area contributed by atoms with Crippen LogP contribution in [0.1, 0.15) is 23.5 Å². The molecule has 0 saturated carbocycles. The highest BCUT2D eigenvalue weighted by atomic mass is 32.1. The molecule has 0 saturated heterocycles. The molecule has 2 heterocycles. The molecule has 1 N–H and O–H groups in total. The van der Waals surface area contributed by atoms with Crippen LogP contribution in [0.25, 0.3) is 0 Å². The van der Waals surface area contributed by atoms with Crippen LogP contribution in [0.3, 0.4) is 0 Å². The second-order valence-corrected chi connectivity index (χ2v) is 5.17. The Morgan fingerprint density at radius 1 is 1.53 bits per heavy atom. The summed E-state index contributed by atoms with van der Waals surface area (Å²) in [6.07, 6.45) is 1.70. The number of nitrogens with zero attached hydrogens (tertiary/aromatic N) is 2. The van der Waals surface area contributed by atoms with Crippen LogP contribution in [-0.2, 0) is 6.54 Å².